The van der Waals surface area contributed by atoms with Crippen molar-refractivity contribution in [1.82, 2.24) is 0 Å². The molecule has 0 saturated carbocycles. The van der Waals surface area contributed by atoms with Gasteiger partial charge in [0, 0.05) is 16.6 Å². The maximum Gasteiger partial charge on any atom is 0.137 e. The zero-order chi connectivity index (χ0) is 37.3. The van der Waals surface area contributed by atoms with Gasteiger partial charge in [-0.05, 0) is 98.6 Å². The Morgan fingerprint density at radius 2 is 0.768 bits per heavy atom. The molecule has 9 aromatic carbocycles. The van der Waals surface area contributed by atoms with Crippen LogP contribution < -0.4 is 4.90 Å². The molecule has 56 heavy (non-hydrogen) atoms. The van der Waals surface area contributed by atoms with E-state index >= 15 is 0 Å². The van der Waals surface area contributed by atoms with Crippen LogP contribution in [0.2, 0.25) is 0 Å². The van der Waals surface area contributed by atoms with Crippen LogP contribution in [-0.4, -0.2) is 0 Å². The molecule has 264 valence electrons. The molecule has 10 rings (SSSR count). The maximum absolute atomic E-state index is 6.45. The van der Waals surface area contributed by atoms with Crippen molar-refractivity contribution in [2.24, 2.45) is 0 Å². The van der Waals surface area contributed by atoms with Crippen LogP contribution in [0.25, 0.3) is 77.6 Å². The van der Waals surface area contributed by atoms with E-state index in [9.17, 15) is 0 Å². The number of furan rings is 1. The zero-order valence-corrected chi connectivity index (χ0v) is 30.7. The first-order valence-electron chi connectivity index (χ1n) is 19.1. The maximum atomic E-state index is 6.45. The van der Waals surface area contributed by atoms with Crippen LogP contribution in [0, 0.1) is 0 Å². The normalized spacial score (nSPS) is 11.2. The van der Waals surface area contributed by atoms with E-state index in [1.54, 1.807) is 0 Å². The summed E-state index contributed by atoms with van der Waals surface area (Å²) in [6.45, 7) is 0. The van der Waals surface area contributed by atoms with Crippen LogP contribution in [0.5, 0.6) is 0 Å². The molecule has 0 unspecified atom stereocenters. The van der Waals surface area contributed by atoms with Gasteiger partial charge in [-0.3, -0.25) is 0 Å². The summed E-state index contributed by atoms with van der Waals surface area (Å²) in [4.78, 5) is 2.40. The standard InChI is InChI=1S/C54H37NO/c1-5-16-38(17-6-1)39-28-32-45(33-29-39)55(51-25-15-27-53-54(51)47-24-13-14-26-52(47)56-53)50-35-31-44(37-49(50)42-22-11-4-12-23-42)43-30-34-46(40-18-7-2-8-19-40)48(36-43)41-20-9-3-10-21-41/h1-37H. The molecule has 0 N–H and O–H groups in total. The molecule has 2 nitrogen and oxygen atoms in total. The molecule has 0 spiro atoms. The van der Waals surface area contributed by atoms with E-state index in [1.807, 2.05) is 6.07 Å². The molecule has 0 amide bonds. The Hall–Kier alpha value is -7.42. The third-order valence-electron chi connectivity index (χ3n) is 10.7. The quantitative estimate of drug-likeness (QED) is 0.156. The van der Waals surface area contributed by atoms with E-state index in [4.69, 9.17) is 4.42 Å². The average Bonchev–Trinajstić information content (AvgIpc) is 3.67. The lowest BCUT2D eigenvalue weighted by Gasteiger charge is -2.29. The first-order chi connectivity index (χ1) is 27.8. The van der Waals surface area contributed by atoms with Crippen LogP contribution in [0.15, 0.2) is 229 Å². The number of hydrogen-bond donors (Lipinski definition) is 0. The van der Waals surface area contributed by atoms with Crippen molar-refractivity contribution in [2.45, 2.75) is 0 Å². The van der Waals surface area contributed by atoms with Crippen molar-refractivity contribution in [2.75, 3.05) is 4.90 Å². The van der Waals surface area contributed by atoms with Crippen molar-refractivity contribution in [1.29, 1.82) is 0 Å². The van der Waals surface area contributed by atoms with Crippen molar-refractivity contribution >= 4 is 39.0 Å². The number of benzene rings is 9. The number of fused-ring (bicyclic) bond motifs is 3. The van der Waals surface area contributed by atoms with Gasteiger partial charge >= 0.3 is 0 Å². The summed E-state index contributed by atoms with van der Waals surface area (Å²) in [7, 11) is 0. The number of nitrogens with zero attached hydrogens (tertiary/aromatic N) is 1. The van der Waals surface area contributed by atoms with Crippen LogP contribution >= 0.6 is 0 Å². The molecule has 10 aromatic rings. The van der Waals surface area contributed by atoms with Crippen molar-refractivity contribution < 1.29 is 4.42 Å². The molecule has 1 heterocycles. The Balaban J connectivity index is 1.19. The van der Waals surface area contributed by atoms with Crippen LogP contribution in [0.3, 0.4) is 0 Å². The minimum Gasteiger partial charge on any atom is -0.456 e. The van der Waals surface area contributed by atoms with Gasteiger partial charge in [0.15, 0.2) is 0 Å². The van der Waals surface area contributed by atoms with E-state index in [-0.39, 0.29) is 0 Å². The fraction of sp³-hybridized carbons (Fsp3) is 0. The fourth-order valence-electron chi connectivity index (χ4n) is 7.99. The van der Waals surface area contributed by atoms with Gasteiger partial charge in [-0.25, -0.2) is 0 Å². The fourth-order valence-corrected chi connectivity index (χ4v) is 7.99. The third kappa shape index (κ3) is 6.14. The molecular formula is C54H37NO. The molecule has 1 aromatic heterocycles. The van der Waals surface area contributed by atoms with Gasteiger partial charge in [0.05, 0.1) is 16.8 Å². The summed E-state index contributed by atoms with van der Waals surface area (Å²) in [5.41, 5.74) is 16.7. The molecule has 0 saturated heterocycles. The molecule has 0 aliphatic carbocycles. The summed E-state index contributed by atoms with van der Waals surface area (Å²) in [5, 5.41) is 2.18. The minimum atomic E-state index is 0.861. The Morgan fingerprint density at radius 3 is 1.43 bits per heavy atom. The predicted octanol–water partition coefficient (Wildman–Crippen LogP) is 15.4. The number of anilines is 3. The van der Waals surface area contributed by atoms with Crippen molar-refractivity contribution in [3.8, 4) is 55.6 Å². The largest absolute Gasteiger partial charge is 0.456 e. The van der Waals surface area contributed by atoms with Gasteiger partial charge in [0.2, 0.25) is 0 Å². The molecule has 0 radical (unpaired) electrons. The highest BCUT2D eigenvalue weighted by atomic mass is 16.3. The number of para-hydroxylation sites is 1. The average molecular weight is 716 g/mol. The molecule has 0 atom stereocenters. The van der Waals surface area contributed by atoms with Gasteiger partial charge in [0.1, 0.15) is 11.2 Å². The second kappa shape index (κ2) is 14.4. The van der Waals surface area contributed by atoms with E-state index in [0.717, 1.165) is 61.3 Å². The smallest absolute Gasteiger partial charge is 0.137 e. The summed E-state index contributed by atoms with van der Waals surface area (Å²) in [5.74, 6) is 0. The van der Waals surface area contributed by atoms with Gasteiger partial charge in [-0.2, -0.15) is 0 Å². The Labute approximate surface area is 327 Å². The molecular weight excluding hydrogens is 679 g/mol. The number of rotatable bonds is 8. The Morgan fingerprint density at radius 1 is 0.286 bits per heavy atom. The molecule has 0 aliphatic rings. The van der Waals surface area contributed by atoms with E-state index in [0.29, 0.717) is 0 Å². The summed E-state index contributed by atoms with van der Waals surface area (Å²) < 4.78 is 6.45. The summed E-state index contributed by atoms with van der Waals surface area (Å²) >= 11 is 0. The van der Waals surface area contributed by atoms with E-state index in [2.05, 4.69) is 223 Å². The lowest BCUT2D eigenvalue weighted by molar-refractivity contribution is 0.669. The van der Waals surface area contributed by atoms with Gasteiger partial charge in [-0.1, -0.05) is 176 Å². The second-order valence-corrected chi connectivity index (χ2v) is 14.1. The first kappa shape index (κ1) is 33.2. The molecule has 0 bridgehead atoms. The van der Waals surface area contributed by atoms with Crippen LogP contribution in [0.1, 0.15) is 0 Å². The predicted molar refractivity (Wildman–Crippen MR) is 236 cm³/mol. The van der Waals surface area contributed by atoms with Gasteiger partial charge in [0.25, 0.3) is 0 Å². The molecule has 0 fully saturated rings. The van der Waals surface area contributed by atoms with Gasteiger partial charge in [-0.15, -0.1) is 0 Å². The topological polar surface area (TPSA) is 16.4 Å². The lowest BCUT2D eigenvalue weighted by Crippen LogP contribution is -2.11. The molecule has 0 aliphatic heterocycles. The Bertz CT molecular complexity index is 2930. The summed E-state index contributed by atoms with van der Waals surface area (Å²) in [6.07, 6.45) is 0. The van der Waals surface area contributed by atoms with E-state index in [1.165, 1.54) is 33.4 Å². The van der Waals surface area contributed by atoms with Crippen LogP contribution in [0.4, 0.5) is 17.1 Å². The first-order valence-corrected chi connectivity index (χ1v) is 19.1. The highest BCUT2D eigenvalue weighted by Crippen LogP contribution is 2.47. The van der Waals surface area contributed by atoms with Crippen molar-refractivity contribution in [3.63, 3.8) is 0 Å². The highest BCUT2D eigenvalue weighted by molar-refractivity contribution is 6.14. The lowest BCUT2D eigenvalue weighted by atomic mass is 9.90. The van der Waals surface area contributed by atoms with Crippen molar-refractivity contribution in [3.05, 3.63) is 224 Å². The number of hydrogen-bond acceptors (Lipinski definition) is 2. The minimum absolute atomic E-state index is 0.861. The third-order valence-corrected chi connectivity index (χ3v) is 10.7. The van der Waals surface area contributed by atoms with Crippen LogP contribution in [-0.2, 0) is 0 Å². The monoisotopic (exact) mass is 715 g/mol. The van der Waals surface area contributed by atoms with E-state index < -0.39 is 0 Å². The summed E-state index contributed by atoms with van der Waals surface area (Å²) in [6, 6.07) is 80.1. The van der Waals surface area contributed by atoms with Gasteiger partial charge < -0.3 is 9.32 Å². The second-order valence-electron chi connectivity index (χ2n) is 14.1. The SMILES string of the molecule is c1ccc(-c2ccc(N(c3ccc(-c4ccc(-c5ccccc5)c(-c5ccccc5)c4)cc3-c3ccccc3)c3cccc4oc5ccccc5c34)cc2)cc1. The molecule has 2 heteroatoms. The Kier molecular flexibility index (Phi) is 8.55. The highest BCUT2D eigenvalue weighted by Gasteiger charge is 2.23. The zero-order valence-electron chi connectivity index (χ0n) is 30.7.